The minimum atomic E-state index is -4.35. The van der Waals surface area contributed by atoms with Gasteiger partial charge in [-0.05, 0) is 93.6 Å². The van der Waals surface area contributed by atoms with Crippen molar-refractivity contribution in [3.63, 3.8) is 0 Å². The van der Waals surface area contributed by atoms with Gasteiger partial charge >= 0.3 is 8.17 Å². The SMILES string of the molecule is CCOCCn1cc(NC(=O)c2ccc(-c3cnn(CO[P+](O)(OCn4cc(-c5ccc(C(=O)Nc6cn(CCOCC)nc6-c6ccccn6)o5)cn4)OCn4cc(-c5ccc(C(=O)Nc6cn(CCOCC)nc6-c6ccccn6)o5)cn4)c3)o2)c(-c2ccccn2)n1. The van der Waals surface area contributed by atoms with E-state index in [0.29, 0.717) is 144 Å². The number of rotatable bonds is 33. The van der Waals surface area contributed by atoms with Gasteiger partial charge in [0.25, 0.3) is 17.7 Å². The molecule has 0 aromatic carbocycles. The summed E-state index contributed by atoms with van der Waals surface area (Å²) in [4.78, 5) is 66.5. The fourth-order valence-electron chi connectivity index (χ4n) is 9.45. The van der Waals surface area contributed by atoms with Crippen molar-refractivity contribution in [1.82, 2.24) is 73.6 Å². The van der Waals surface area contributed by atoms with Crippen LogP contribution in [0.3, 0.4) is 0 Å². The van der Waals surface area contributed by atoms with Crippen molar-refractivity contribution in [1.29, 1.82) is 0 Å². The van der Waals surface area contributed by atoms with E-state index < -0.39 is 46.1 Å². The molecule has 488 valence electrons. The van der Waals surface area contributed by atoms with Crippen molar-refractivity contribution in [2.75, 3.05) is 55.6 Å². The van der Waals surface area contributed by atoms with E-state index in [9.17, 15) is 19.3 Å². The molecule has 0 fully saturated rings. The molecule has 0 unspecified atom stereocenters. The summed E-state index contributed by atoms with van der Waals surface area (Å²) in [5.41, 5.74) is 5.79. The second-order valence-corrected chi connectivity index (χ2v) is 22.3. The second-order valence-electron chi connectivity index (χ2n) is 20.6. The third kappa shape index (κ3) is 16.1. The van der Waals surface area contributed by atoms with Crippen LogP contribution in [0.15, 0.2) is 179 Å². The highest BCUT2D eigenvalue weighted by molar-refractivity contribution is 7.55. The first-order valence-corrected chi connectivity index (χ1v) is 31.5. The van der Waals surface area contributed by atoms with E-state index in [1.54, 1.807) is 124 Å². The van der Waals surface area contributed by atoms with Crippen LogP contribution in [0.2, 0.25) is 0 Å². The van der Waals surface area contributed by atoms with Crippen LogP contribution in [-0.2, 0) is 67.6 Å². The molecule has 4 N–H and O–H groups in total. The van der Waals surface area contributed by atoms with Crippen molar-refractivity contribution in [2.24, 2.45) is 0 Å². The van der Waals surface area contributed by atoms with E-state index in [4.69, 9.17) is 41.0 Å². The molecular weight excluding hydrogens is 1250 g/mol. The van der Waals surface area contributed by atoms with Crippen molar-refractivity contribution in [3.8, 4) is 68.1 Å². The summed E-state index contributed by atoms with van der Waals surface area (Å²) in [6, 6.07) is 25.7. The lowest BCUT2D eigenvalue weighted by Gasteiger charge is -2.15. The molecule has 0 saturated carbocycles. The number of nitrogens with zero attached hydrogens (tertiary/aromatic N) is 15. The van der Waals surface area contributed by atoms with Crippen LogP contribution < -0.4 is 16.0 Å². The fraction of sp³-hybridized carbons (Fsp3) is 0.238. The van der Waals surface area contributed by atoms with Crippen LogP contribution in [-0.4, -0.2) is 136 Å². The summed E-state index contributed by atoms with van der Waals surface area (Å²) in [5.74, 6) is -0.654. The molecule has 0 atom stereocenters. The van der Waals surface area contributed by atoms with Gasteiger partial charge in [0, 0.05) is 75.6 Å². The number of furan rings is 3. The Morgan fingerprint density at radius 3 is 1.03 bits per heavy atom. The highest BCUT2D eigenvalue weighted by Gasteiger charge is 2.46. The van der Waals surface area contributed by atoms with Gasteiger partial charge in [-0.2, -0.15) is 35.5 Å². The summed E-state index contributed by atoms with van der Waals surface area (Å²) in [6.07, 6.45) is 19.3. The zero-order chi connectivity index (χ0) is 65.5. The maximum Gasteiger partial charge on any atom is 0.578 e. The molecule has 95 heavy (non-hydrogen) atoms. The van der Waals surface area contributed by atoms with E-state index in [-0.39, 0.29) is 17.3 Å². The Morgan fingerprint density at radius 2 is 0.747 bits per heavy atom. The molecule has 0 aliphatic carbocycles. The van der Waals surface area contributed by atoms with Crippen molar-refractivity contribution < 1.29 is 60.3 Å². The highest BCUT2D eigenvalue weighted by atomic mass is 31.2. The van der Waals surface area contributed by atoms with Gasteiger partial charge in [-0.25, -0.2) is 14.0 Å². The molecule has 3 amide bonds. The zero-order valence-electron chi connectivity index (χ0n) is 51.6. The molecule has 0 bridgehead atoms. The Labute approximate surface area is 541 Å². The molecule has 12 aromatic rings. The van der Waals surface area contributed by atoms with Gasteiger partial charge in [0.1, 0.15) is 34.4 Å². The fourth-order valence-corrected chi connectivity index (χ4v) is 10.5. The largest absolute Gasteiger partial charge is 0.578 e. The molecule has 0 saturated heterocycles. The van der Waals surface area contributed by atoms with Crippen LogP contribution in [0, 0.1) is 0 Å². The van der Waals surface area contributed by atoms with Gasteiger partial charge in [-0.1, -0.05) is 18.2 Å². The topological polar surface area (TPSA) is 348 Å². The van der Waals surface area contributed by atoms with Crippen LogP contribution in [0.25, 0.3) is 68.1 Å². The number of anilines is 3. The predicted molar refractivity (Wildman–Crippen MR) is 342 cm³/mol. The summed E-state index contributed by atoms with van der Waals surface area (Å²) in [7, 11) is -4.35. The van der Waals surface area contributed by atoms with E-state index in [2.05, 4.69) is 61.5 Å². The molecule has 0 aliphatic rings. The van der Waals surface area contributed by atoms with E-state index in [1.165, 1.54) is 50.8 Å². The lowest BCUT2D eigenvalue weighted by Crippen LogP contribution is -2.14. The smallest absolute Gasteiger partial charge is 0.451 e. The Hall–Kier alpha value is -10.9. The molecule has 32 heteroatoms. The number of nitrogens with one attached hydrogen (secondary N) is 3. The third-order valence-electron chi connectivity index (χ3n) is 14.1. The quantitative estimate of drug-likeness (QED) is 0.0219. The first-order chi connectivity index (χ1) is 46.5. The van der Waals surface area contributed by atoms with Gasteiger partial charge in [-0.3, -0.25) is 43.4 Å². The number of carbonyl (C=O) groups excluding carboxylic acids is 3. The first-order valence-electron chi connectivity index (χ1n) is 30.0. The average molecular weight is 1310 g/mol. The molecule has 12 heterocycles. The van der Waals surface area contributed by atoms with Gasteiger partial charge in [-0.15, -0.1) is 13.6 Å². The molecule has 0 aliphatic heterocycles. The Bertz CT molecular complexity index is 4050. The molecule has 0 spiro atoms. The van der Waals surface area contributed by atoms with Crippen molar-refractivity contribution in [2.45, 2.75) is 60.6 Å². The number of aromatic nitrogens is 15. The van der Waals surface area contributed by atoms with Crippen molar-refractivity contribution >= 4 is 43.0 Å². The van der Waals surface area contributed by atoms with Crippen molar-refractivity contribution in [3.05, 3.63) is 183 Å². The summed E-state index contributed by atoms with van der Waals surface area (Å²) >= 11 is 0. The van der Waals surface area contributed by atoms with Crippen LogP contribution in [0.5, 0.6) is 0 Å². The summed E-state index contributed by atoms with van der Waals surface area (Å²) in [6.45, 7) is 8.81. The normalized spacial score (nSPS) is 11.6. The molecule has 12 rings (SSSR count). The second kappa shape index (κ2) is 30.2. The highest BCUT2D eigenvalue weighted by Crippen LogP contribution is 2.59. The van der Waals surface area contributed by atoms with Crippen LogP contribution in [0.1, 0.15) is 52.4 Å². The van der Waals surface area contributed by atoms with Gasteiger partial charge in [0.05, 0.1) is 109 Å². The van der Waals surface area contributed by atoms with Crippen LogP contribution >= 0.6 is 8.17 Å². The number of hydrogen-bond acceptors (Lipinski definition) is 22. The zero-order valence-corrected chi connectivity index (χ0v) is 52.5. The van der Waals surface area contributed by atoms with E-state index in [0.717, 1.165) is 0 Å². The molecule has 12 aromatic heterocycles. The van der Waals surface area contributed by atoms with Gasteiger partial charge in [0.15, 0.2) is 37.5 Å². The Kier molecular flexibility index (Phi) is 20.4. The lowest BCUT2D eigenvalue weighted by atomic mass is 10.2. The first kappa shape index (κ1) is 64.2. The standard InChI is InChI=1S/C63H63N18O13P/c1-4-86-28-25-76-37-49(58(73-76)46-13-7-10-22-64-46)70-61(82)55-19-16-52(92-55)43-31-67-79(34-43)40-89-95(85,90-41-80-35-44(32-68-80)53-17-20-56(93-53)62(83)71-50-38-77(26-29-87-5-2)74-59(50)47-14-8-11-23-65-47)91-42-81-36-45(33-69-81)54-18-21-57(94-54)63(84)72-51-39-78(27-30-88-6-3)75-60(51)48-15-9-12-24-66-48/h7-24,31-39,85H,4-6,25-30,40-42H2,1-3H3,(H2-,70,71,72,82,83,84)/p+1. The Balaban J connectivity index is 0.725. The van der Waals surface area contributed by atoms with Gasteiger partial charge in [0.2, 0.25) is 0 Å². The number of amides is 3. The van der Waals surface area contributed by atoms with Crippen LogP contribution in [0.4, 0.5) is 17.1 Å². The Morgan fingerprint density at radius 1 is 0.432 bits per heavy atom. The summed E-state index contributed by atoms with van der Waals surface area (Å²) < 4.78 is 61.9. The minimum absolute atomic E-state index is 0.00775. The van der Waals surface area contributed by atoms with Gasteiger partial charge < -0.3 is 43.4 Å². The lowest BCUT2D eigenvalue weighted by molar-refractivity contribution is 0.0194. The number of ether oxygens (including phenoxy) is 3. The number of hydrogen-bond donors (Lipinski definition) is 4. The minimum Gasteiger partial charge on any atom is -0.451 e. The summed E-state index contributed by atoms with van der Waals surface area (Å²) in [5, 5.41) is 35.9. The average Bonchev–Trinajstić information content (AvgIpc) is 1.74. The number of carbonyl (C=O) groups is 3. The maximum atomic E-state index is 13.7. The predicted octanol–water partition coefficient (Wildman–Crippen LogP) is 9.69. The van der Waals surface area contributed by atoms with E-state index >= 15 is 0 Å². The number of pyridine rings is 3. The molecular formula is C63H64N18O13P+. The maximum absolute atomic E-state index is 13.7. The third-order valence-corrected chi connectivity index (χ3v) is 15.4. The monoisotopic (exact) mass is 1310 g/mol. The van der Waals surface area contributed by atoms with E-state index in [1.807, 2.05) is 39.0 Å². The molecule has 31 nitrogen and oxygen atoms in total. The molecule has 0 radical (unpaired) electrons.